The second kappa shape index (κ2) is 3.89. The van der Waals surface area contributed by atoms with E-state index in [4.69, 9.17) is 4.74 Å². The summed E-state index contributed by atoms with van der Waals surface area (Å²) in [4.78, 5) is 33.5. The lowest BCUT2D eigenvalue weighted by molar-refractivity contribution is -0.824. The standard InChI is InChI=1S/C12H16N2O6/c1-20-10(15)11-4-7-2-8(5-11)12(13(16)17,14(18)19)9(3-7)6-11/h7-9H,2-6H2,1H3. The smallest absolute Gasteiger partial charge is 0.463 e. The Balaban J connectivity index is 2.05. The molecule has 0 spiro atoms. The van der Waals surface area contributed by atoms with Crippen molar-refractivity contribution in [3.8, 4) is 0 Å². The summed E-state index contributed by atoms with van der Waals surface area (Å²) in [5, 5.41) is 22.9. The summed E-state index contributed by atoms with van der Waals surface area (Å²) in [6.45, 7) is 0. The fourth-order valence-corrected chi connectivity index (χ4v) is 5.09. The highest BCUT2D eigenvalue weighted by Gasteiger charge is 2.78. The first-order chi connectivity index (χ1) is 9.36. The van der Waals surface area contributed by atoms with E-state index in [0.29, 0.717) is 19.3 Å². The van der Waals surface area contributed by atoms with Crippen LogP contribution in [-0.4, -0.2) is 28.6 Å². The second-order valence-electron chi connectivity index (χ2n) is 6.41. The van der Waals surface area contributed by atoms with Crippen molar-refractivity contribution in [3.63, 3.8) is 0 Å². The van der Waals surface area contributed by atoms with E-state index in [-0.39, 0.29) is 24.7 Å². The third kappa shape index (κ3) is 1.34. The van der Waals surface area contributed by atoms with E-state index in [9.17, 15) is 25.0 Å². The van der Waals surface area contributed by atoms with Gasteiger partial charge in [0.1, 0.15) is 11.8 Å². The Morgan fingerprint density at radius 3 is 2.00 bits per heavy atom. The minimum Gasteiger partial charge on any atom is -0.469 e. The molecule has 0 aromatic rings. The largest absolute Gasteiger partial charge is 0.469 e. The molecule has 0 aromatic carbocycles. The first-order valence-corrected chi connectivity index (χ1v) is 6.74. The monoisotopic (exact) mass is 284 g/mol. The van der Waals surface area contributed by atoms with Gasteiger partial charge in [-0.15, -0.1) is 0 Å². The highest BCUT2D eigenvalue weighted by molar-refractivity contribution is 5.77. The molecular weight excluding hydrogens is 268 g/mol. The number of nitrogens with zero attached hydrogens (tertiary/aromatic N) is 2. The van der Waals surface area contributed by atoms with Gasteiger partial charge in [-0.1, -0.05) is 0 Å². The zero-order valence-electron chi connectivity index (χ0n) is 11.1. The summed E-state index contributed by atoms with van der Waals surface area (Å²) in [6.07, 6.45) is 2.00. The van der Waals surface area contributed by atoms with Gasteiger partial charge in [-0.2, -0.15) is 0 Å². The van der Waals surface area contributed by atoms with Crippen LogP contribution in [0, 0.1) is 43.4 Å². The zero-order valence-corrected chi connectivity index (χ0v) is 11.1. The highest BCUT2D eigenvalue weighted by atomic mass is 16.7. The first kappa shape index (κ1) is 13.3. The molecule has 0 saturated heterocycles. The molecule has 0 aromatic heterocycles. The second-order valence-corrected chi connectivity index (χ2v) is 6.41. The average Bonchev–Trinajstić information content (AvgIpc) is 2.36. The Hall–Kier alpha value is -1.73. The Kier molecular flexibility index (Phi) is 2.58. The third-order valence-corrected chi connectivity index (χ3v) is 5.59. The predicted molar refractivity (Wildman–Crippen MR) is 64.7 cm³/mol. The molecule has 8 heteroatoms. The van der Waals surface area contributed by atoms with Gasteiger partial charge >= 0.3 is 11.6 Å². The highest BCUT2D eigenvalue weighted by Crippen LogP contribution is 2.64. The molecule has 4 aliphatic carbocycles. The maximum absolute atomic E-state index is 12.1. The van der Waals surface area contributed by atoms with Crippen LogP contribution in [-0.2, 0) is 9.53 Å². The molecule has 8 nitrogen and oxygen atoms in total. The molecular formula is C12H16N2O6. The Morgan fingerprint density at radius 1 is 1.10 bits per heavy atom. The lowest BCUT2D eigenvalue weighted by Gasteiger charge is -2.55. The van der Waals surface area contributed by atoms with Crippen molar-refractivity contribution >= 4 is 5.97 Å². The van der Waals surface area contributed by atoms with Gasteiger partial charge in [-0.3, -0.25) is 25.0 Å². The molecule has 2 atom stereocenters. The van der Waals surface area contributed by atoms with Crippen LogP contribution in [0.5, 0.6) is 0 Å². The third-order valence-electron chi connectivity index (χ3n) is 5.59. The molecule has 4 rings (SSSR count). The van der Waals surface area contributed by atoms with Crippen molar-refractivity contribution < 1.29 is 19.4 Å². The zero-order chi connectivity index (χ0) is 14.7. The minimum atomic E-state index is -2.10. The number of rotatable bonds is 3. The molecule has 4 aliphatic rings. The number of ether oxygens (including phenoxy) is 1. The number of carbonyl (C=O) groups is 1. The van der Waals surface area contributed by atoms with Crippen LogP contribution in [0.4, 0.5) is 0 Å². The van der Waals surface area contributed by atoms with Crippen LogP contribution in [0.3, 0.4) is 0 Å². The molecule has 0 amide bonds. The summed E-state index contributed by atoms with van der Waals surface area (Å²) < 4.78 is 4.85. The van der Waals surface area contributed by atoms with Crippen LogP contribution in [0.1, 0.15) is 32.1 Å². The van der Waals surface area contributed by atoms with Gasteiger partial charge in [0.05, 0.1) is 22.4 Å². The summed E-state index contributed by atoms with van der Waals surface area (Å²) in [7, 11) is 1.30. The summed E-state index contributed by atoms with van der Waals surface area (Å²) in [5.41, 5.74) is -2.84. The van der Waals surface area contributed by atoms with Gasteiger partial charge in [0.15, 0.2) is 0 Å². The summed E-state index contributed by atoms with van der Waals surface area (Å²) >= 11 is 0. The average molecular weight is 284 g/mol. The Morgan fingerprint density at radius 2 is 1.60 bits per heavy atom. The van der Waals surface area contributed by atoms with Crippen LogP contribution >= 0.6 is 0 Å². The molecule has 20 heavy (non-hydrogen) atoms. The number of nitro groups is 2. The SMILES string of the molecule is COC(=O)C12CC3CC(C1)C([N+](=O)[O-])([N+](=O)[O-])C(C3)C2. The van der Waals surface area contributed by atoms with E-state index >= 15 is 0 Å². The van der Waals surface area contributed by atoms with Gasteiger partial charge in [0.2, 0.25) is 0 Å². The lowest BCUT2D eigenvalue weighted by Crippen LogP contribution is -2.69. The predicted octanol–water partition coefficient (Wildman–Crippen LogP) is 1.24. The molecule has 0 N–H and O–H groups in total. The van der Waals surface area contributed by atoms with E-state index in [0.717, 1.165) is 0 Å². The molecule has 110 valence electrons. The molecule has 4 fully saturated rings. The molecule has 4 bridgehead atoms. The van der Waals surface area contributed by atoms with Gasteiger partial charge in [0, 0.05) is 0 Å². The van der Waals surface area contributed by atoms with E-state index in [1.165, 1.54) is 7.11 Å². The molecule has 0 radical (unpaired) electrons. The van der Waals surface area contributed by atoms with Gasteiger partial charge in [-0.25, -0.2) is 0 Å². The number of carbonyl (C=O) groups excluding carboxylic acids is 1. The fraction of sp³-hybridized carbons (Fsp3) is 0.917. The van der Waals surface area contributed by atoms with Crippen LogP contribution in [0.2, 0.25) is 0 Å². The van der Waals surface area contributed by atoms with Crippen molar-refractivity contribution in [2.24, 2.45) is 23.2 Å². The van der Waals surface area contributed by atoms with Crippen molar-refractivity contribution in [1.82, 2.24) is 0 Å². The van der Waals surface area contributed by atoms with E-state index in [2.05, 4.69) is 0 Å². The molecule has 0 heterocycles. The van der Waals surface area contributed by atoms with Crippen molar-refractivity contribution in [2.45, 2.75) is 37.8 Å². The fourth-order valence-electron chi connectivity index (χ4n) is 5.09. The number of hydrogen-bond acceptors (Lipinski definition) is 6. The minimum absolute atomic E-state index is 0.166. The van der Waals surface area contributed by atoms with E-state index < -0.39 is 32.8 Å². The maximum Gasteiger partial charge on any atom is 0.463 e. The maximum atomic E-state index is 12.1. The number of esters is 1. The normalized spacial score (nSPS) is 40.4. The van der Waals surface area contributed by atoms with E-state index in [1.807, 2.05) is 0 Å². The van der Waals surface area contributed by atoms with Gasteiger partial charge in [-0.05, 0) is 38.0 Å². The molecule has 4 saturated carbocycles. The topological polar surface area (TPSA) is 113 Å². The number of methoxy groups -OCH3 is 1. The lowest BCUT2D eigenvalue weighted by atomic mass is 9.46. The molecule has 2 unspecified atom stereocenters. The first-order valence-electron chi connectivity index (χ1n) is 6.74. The molecule has 0 aliphatic heterocycles. The Labute approximate surface area is 114 Å². The van der Waals surface area contributed by atoms with Gasteiger partial charge < -0.3 is 4.74 Å². The summed E-state index contributed by atoms with van der Waals surface area (Å²) in [5.74, 6) is -1.53. The Bertz CT molecular complexity index is 472. The van der Waals surface area contributed by atoms with Crippen molar-refractivity contribution in [3.05, 3.63) is 20.2 Å². The van der Waals surface area contributed by atoms with E-state index in [1.54, 1.807) is 0 Å². The van der Waals surface area contributed by atoms with Crippen LogP contribution in [0.25, 0.3) is 0 Å². The summed E-state index contributed by atoms with van der Waals surface area (Å²) in [6, 6.07) is 0. The van der Waals surface area contributed by atoms with Gasteiger partial charge in [0.25, 0.3) is 0 Å². The quantitative estimate of drug-likeness (QED) is 0.333. The van der Waals surface area contributed by atoms with Crippen LogP contribution < -0.4 is 0 Å². The van der Waals surface area contributed by atoms with Crippen molar-refractivity contribution in [1.29, 1.82) is 0 Å². The number of hydrogen-bond donors (Lipinski definition) is 0. The van der Waals surface area contributed by atoms with Crippen molar-refractivity contribution in [2.75, 3.05) is 7.11 Å². The van der Waals surface area contributed by atoms with Crippen LogP contribution in [0.15, 0.2) is 0 Å².